The lowest BCUT2D eigenvalue weighted by Gasteiger charge is -2.34. The molecule has 1 N–H and O–H groups in total. The number of nitrogens with zero attached hydrogens (tertiary/aromatic N) is 4. The molecule has 20 heavy (non-hydrogen) atoms. The fourth-order valence-corrected chi connectivity index (χ4v) is 2.68. The summed E-state index contributed by atoms with van der Waals surface area (Å²) in [4.78, 5) is 13.5. The van der Waals surface area contributed by atoms with Crippen LogP contribution in [0.4, 0.5) is 5.95 Å². The maximum Gasteiger partial charge on any atom is 0.225 e. The number of anilines is 1. The van der Waals surface area contributed by atoms with E-state index in [-0.39, 0.29) is 0 Å². The Labute approximate surface area is 121 Å². The minimum absolute atomic E-state index is 0.851. The highest BCUT2D eigenvalue weighted by Crippen LogP contribution is 2.18. The van der Waals surface area contributed by atoms with Gasteiger partial charge in [-0.15, -0.1) is 0 Å². The average molecular weight is 275 g/mol. The molecule has 3 rings (SSSR count). The van der Waals surface area contributed by atoms with Crippen molar-refractivity contribution in [3.63, 3.8) is 0 Å². The van der Waals surface area contributed by atoms with Crippen LogP contribution in [0.3, 0.4) is 0 Å². The molecule has 1 saturated carbocycles. The Bertz CT molecular complexity index is 385. The Morgan fingerprint density at radius 3 is 2.50 bits per heavy atom. The molecule has 1 aliphatic carbocycles. The zero-order chi connectivity index (χ0) is 13.6. The Morgan fingerprint density at radius 1 is 1.05 bits per heavy atom. The van der Waals surface area contributed by atoms with E-state index in [4.69, 9.17) is 0 Å². The van der Waals surface area contributed by atoms with Gasteiger partial charge in [0.25, 0.3) is 0 Å². The molecule has 1 aromatic rings. The summed E-state index contributed by atoms with van der Waals surface area (Å²) in [6, 6.07) is 2.72. The molecule has 0 amide bonds. The first kappa shape index (κ1) is 13.8. The van der Waals surface area contributed by atoms with Crippen molar-refractivity contribution in [2.45, 2.75) is 31.7 Å². The Balaban J connectivity index is 1.29. The van der Waals surface area contributed by atoms with Gasteiger partial charge in [0.15, 0.2) is 0 Å². The lowest BCUT2D eigenvalue weighted by Crippen LogP contribution is -2.47. The van der Waals surface area contributed by atoms with Gasteiger partial charge in [-0.25, -0.2) is 9.97 Å². The highest BCUT2D eigenvalue weighted by Gasteiger charge is 2.20. The second-order valence-corrected chi connectivity index (χ2v) is 5.81. The first-order valence-corrected chi connectivity index (χ1v) is 7.89. The second kappa shape index (κ2) is 6.99. The van der Waals surface area contributed by atoms with Crippen LogP contribution in [0.15, 0.2) is 18.5 Å². The van der Waals surface area contributed by atoms with Crippen LogP contribution in [0.25, 0.3) is 0 Å². The minimum Gasteiger partial charge on any atom is -0.338 e. The van der Waals surface area contributed by atoms with Crippen LogP contribution in [-0.4, -0.2) is 60.2 Å². The molecular formula is C15H25N5. The van der Waals surface area contributed by atoms with Crippen LogP contribution in [0.2, 0.25) is 0 Å². The molecule has 110 valence electrons. The Kier molecular flexibility index (Phi) is 4.82. The maximum absolute atomic E-state index is 4.32. The fourth-order valence-electron chi connectivity index (χ4n) is 2.68. The predicted octanol–water partition coefficient (Wildman–Crippen LogP) is 1.13. The van der Waals surface area contributed by atoms with E-state index in [1.807, 2.05) is 18.5 Å². The zero-order valence-corrected chi connectivity index (χ0v) is 12.2. The van der Waals surface area contributed by atoms with Gasteiger partial charge in [0, 0.05) is 44.6 Å². The summed E-state index contributed by atoms with van der Waals surface area (Å²) in [5.74, 6) is 0.876. The topological polar surface area (TPSA) is 44.3 Å². The molecule has 5 nitrogen and oxygen atoms in total. The quantitative estimate of drug-likeness (QED) is 0.756. The summed E-state index contributed by atoms with van der Waals surface area (Å²) in [5.41, 5.74) is 0. The van der Waals surface area contributed by atoms with Crippen LogP contribution in [0, 0.1) is 0 Å². The molecule has 0 spiro atoms. The maximum atomic E-state index is 4.32. The van der Waals surface area contributed by atoms with Crippen molar-refractivity contribution in [1.29, 1.82) is 0 Å². The summed E-state index contributed by atoms with van der Waals surface area (Å²) in [7, 11) is 0. The van der Waals surface area contributed by atoms with Crippen LogP contribution >= 0.6 is 0 Å². The predicted molar refractivity (Wildman–Crippen MR) is 80.9 cm³/mol. The van der Waals surface area contributed by atoms with E-state index >= 15 is 0 Å². The van der Waals surface area contributed by atoms with Gasteiger partial charge in [-0.05, 0) is 44.8 Å². The van der Waals surface area contributed by atoms with E-state index in [2.05, 4.69) is 25.1 Å². The van der Waals surface area contributed by atoms with E-state index in [1.54, 1.807) is 0 Å². The summed E-state index contributed by atoms with van der Waals surface area (Å²) in [6.07, 6.45) is 9.04. The van der Waals surface area contributed by atoms with Crippen LogP contribution in [0.1, 0.15) is 25.7 Å². The smallest absolute Gasteiger partial charge is 0.225 e. The fraction of sp³-hybridized carbons (Fsp3) is 0.733. The average Bonchev–Trinajstić information content (AvgIpc) is 3.33. The van der Waals surface area contributed by atoms with Crippen molar-refractivity contribution in [3.05, 3.63) is 18.5 Å². The molecule has 0 aromatic carbocycles. The number of hydrogen-bond donors (Lipinski definition) is 1. The third-order valence-corrected chi connectivity index (χ3v) is 4.12. The molecule has 0 unspecified atom stereocenters. The highest BCUT2D eigenvalue weighted by molar-refractivity contribution is 5.29. The van der Waals surface area contributed by atoms with Gasteiger partial charge in [-0.3, -0.25) is 4.90 Å². The van der Waals surface area contributed by atoms with Crippen molar-refractivity contribution >= 4 is 5.95 Å². The van der Waals surface area contributed by atoms with Gasteiger partial charge in [-0.1, -0.05) is 0 Å². The van der Waals surface area contributed by atoms with Gasteiger partial charge < -0.3 is 10.2 Å². The summed E-state index contributed by atoms with van der Waals surface area (Å²) in [5, 5.41) is 3.58. The number of unbranched alkanes of at least 4 members (excludes halogenated alkanes) is 1. The number of rotatable bonds is 7. The monoisotopic (exact) mass is 275 g/mol. The first-order chi connectivity index (χ1) is 9.92. The van der Waals surface area contributed by atoms with Crippen molar-refractivity contribution in [3.8, 4) is 0 Å². The van der Waals surface area contributed by atoms with E-state index in [0.29, 0.717) is 0 Å². The molecule has 5 heteroatoms. The molecule has 2 fully saturated rings. The van der Waals surface area contributed by atoms with Crippen molar-refractivity contribution in [2.24, 2.45) is 0 Å². The van der Waals surface area contributed by atoms with E-state index in [9.17, 15) is 0 Å². The molecule has 0 atom stereocenters. The van der Waals surface area contributed by atoms with Gasteiger partial charge in [0.05, 0.1) is 0 Å². The molecule has 2 heterocycles. The second-order valence-electron chi connectivity index (χ2n) is 5.81. The number of hydrogen-bond acceptors (Lipinski definition) is 5. The number of aromatic nitrogens is 2. The normalized spacial score (nSPS) is 20.3. The summed E-state index contributed by atoms with van der Waals surface area (Å²) >= 11 is 0. The SMILES string of the molecule is c1cnc(N2CCN(CCCCNC3CC3)CC2)nc1. The van der Waals surface area contributed by atoms with Crippen molar-refractivity contribution in [1.82, 2.24) is 20.2 Å². The van der Waals surface area contributed by atoms with E-state index in [1.165, 1.54) is 38.8 Å². The number of nitrogens with one attached hydrogen (secondary N) is 1. The van der Waals surface area contributed by atoms with Gasteiger partial charge in [-0.2, -0.15) is 0 Å². The summed E-state index contributed by atoms with van der Waals surface area (Å²) in [6.45, 7) is 6.79. The minimum atomic E-state index is 0.851. The van der Waals surface area contributed by atoms with Crippen LogP contribution in [-0.2, 0) is 0 Å². The number of piperazine rings is 1. The highest BCUT2D eigenvalue weighted by atomic mass is 15.3. The third kappa shape index (κ3) is 4.15. The molecule has 1 aromatic heterocycles. The molecule has 1 aliphatic heterocycles. The van der Waals surface area contributed by atoms with E-state index < -0.39 is 0 Å². The standard InChI is InChI=1S/C15H25N5/c1(6-16-14-4-5-14)2-9-19-10-12-20(13-11-19)15-17-7-3-8-18-15/h3,7-8,14,16H,1-2,4-6,9-13H2. The van der Waals surface area contributed by atoms with Crippen LogP contribution < -0.4 is 10.2 Å². The summed E-state index contributed by atoms with van der Waals surface area (Å²) < 4.78 is 0. The van der Waals surface area contributed by atoms with Crippen molar-refractivity contribution < 1.29 is 0 Å². The molecule has 0 bridgehead atoms. The molecule has 0 radical (unpaired) electrons. The van der Waals surface area contributed by atoms with Gasteiger partial charge in [0.1, 0.15) is 0 Å². The largest absolute Gasteiger partial charge is 0.338 e. The van der Waals surface area contributed by atoms with E-state index in [0.717, 1.165) is 38.2 Å². The zero-order valence-electron chi connectivity index (χ0n) is 12.2. The Hall–Kier alpha value is -1.20. The first-order valence-electron chi connectivity index (χ1n) is 7.89. The van der Waals surface area contributed by atoms with Crippen LogP contribution in [0.5, 0.6) is 0 Å². The van der Waals surface area contributed by atoms with Gasteiger partial charge >= 0.3 is 0 Å². The Morgan fingerprint density at radius 2 is 1.80 bits per heavy atom. The lowest BCUT2D eigenvalue weighted by atomic mass is 10.2. The third-order valence-electron chi connectivity index (χ3n) is 4.12. The molecular weight excluding hydrogens is 250 g/mol. The lowest BCUT2D eigenvalue weighted by molar-refractivity contribution is 0.251. The molecule has 1 saturated heterocycles. The van der Waals surface area contributed by atoms with Gasteiger partial charge in [0.2, 0.25) is 5.95 Å². The molecule has 2 aliphatic rings. The van der Waals surface area contributed by atoms with Crippen molar-refractivity contribution in [2.75, 3.05) is 44.2 Å².